The molecule has 0 amide bonds. The Kier molecular flexibility index (Phi) is 8.13. The van der Waals surface area contributed by atoms with E-state index in [2.05, 4.69) is 15.6 Å². The van der Waals surface area contributed by atoms with Crippen molar-refractivity contribution in [2.24, 2.45) is 4.99 Å². The Labute approximate surface area is 171 Å². The van der Waals surface area contributed by atoms with Gasteiger partial charge in [0.1, 0.15) is 0 Å². The van der Waals surface area contributed by atoms with Gasteiger partial charge in [0.15, 0.2) is 27.4 Å². The molecule has 2 rings (SSSR count). The van der Waals surface area contributed by atoms with Gasteiger partial charge < -0.3 is 10.6 Å². The average Bonchev–Trinajstić information content (AvgIpc) is 2.70. The molecule has 0 aliphatic rings. The number of nitrogens with one attached hydrogen (secondary N) is 2. The van der Waals surface area contributed by atoms with Crippen LogP contribution in [0.25, 0.3) is 0 Å². The van der Waals surface area contributed by atoms with Crippen LogP contribution in [0.3, 0.4) is 0 Å². The molecule has 0 aliphatic carbocycles. The second-order valence-electron chi connectivity index (χ2n) is 6.71. The highest BCUT2D eigenvalue weighted by molar-refractivity contribution is 7.91. The summed E-state index contributed by atoms with van der Waals surface area (Å²) in [4.78, 5) is 4.63. The quantitative estimate of drug-likeness (QED) is 0.500. The van der Waals surface area contributed by atoms with Crippen molar-refractivity contribution in [3.8, 4) is 0 Å². The minimum Gasteiger partial charge on any atom is -0.353 e. The molecule has 2 aromatic rings. The first-order valence-corrected chi connectivity index (χ1v) is 11.2. The van der Waals surface area contributed by atoms with Crippen LogP contribution < -0.4 is 10.6 Å². The van der Waals surface area contributed by atoms with Crippen LogP contribution in [-0.4, -0.2) is 32.7 Å². The van der Waals surface area contributed by atoms with Crippen molar-refractivity contribution in [1.82, 2.24) is 10.6 Å². The molecule has 0 spiro atoms. The molecule has 8 heteroatoms. The van der Waals surface area contributed by atoms with Crippen molar-refractivity contribution in [3.63, 3.8) is 0 Å². The summed E-state index contributed by atoms with van der Waals surface area (Å²) in [5.74, 6) is -1.49. The third-order valence-electron chi connectivity index (χ3n) is 4.47. The van der Waals surface area contributed by atoms with Crippen LogP contribution in [0.15, 0.2) is 58.4 Å². The topological polar surface area (TPSA) is 70.6 Å². The predicted octanol–water partition coefficient (Wildman–Crippen LogP) is 3.83. The summed E-state index contributed by atoms with van der Waals surface area (Å²) in [6.45, 7) is 6.01. The van der Waals surface area contributed by atoms with Gasteiger partial charge in [-0.05, 0) is 50.1 Å². The number of sulfone groups is 1. The zero-order valence-electron chi connectivity index (χ0n) is 16.8. The van der Waals surface area contributed by atoms with E-state index in [1.54, 1.807) is 37.3 Å². The molecule has 2 aromatic carbocycles. The molecular weight excluding hydrogens is 396 g/mol. The number of rotatable bonds is 8. The fourth-order valence-corrected chi connectivity index (χ4v) is 4.42. The van der Waals surface area contributed by atoms with Gasteiger partial charge in [0.25, 0.3) is 0 Å². The summed E-state index contributed by atoms with van der Waals surface area (Å²) in [5, 5.41) is 6.28. The Hall–Kier alpha value is -2.48. The van der Waals surface area contributed by atoms with Crippen LogP contribution in [-0.2, 0) is 9.84 Å². The van der Waals surface area contributed by atoms with Crippen LogP contribution in [0, 0.1) is 11.6 Å². The van der Waals surface area contributed by atoms with Crippen LogP contribution in [0.5, 0.6) is 0 Å². The number of benzene rings is 2. The summed E-state index contributed by atoms with van der Waals surface area (Å²) in [6.07, 6.45) is 0.566. The first kappa shape index (κ1) is 22.8. The monoisotopic (exact) mass is 423 g/mol. The number of halogens is 2. The number of guanidine groups is 1. The lowest BCUT2D eigenvalue weighted by molar-refractivity contribution is 0.504. The van der Waals surface area contributed by atoms with Gasteiger partial charge in [-0.25, -0.2) is 17.2 Å². The number of hydrogen-bond donors (Lipinski definition) is 2. The van der Waals surface area contributed by atoms with Crippen LogP contribution in [0.4, 0.5) is 8.78 Å². The lowest BCUT2D eigenvalue weighted by Gasteiger charge is -2.23. The van der Waals surface area contributed by atoms with Gasteiger partial charge >= 0.3 is 0 Å². The first-order valence-electron chi connectivity index (χ1n) is 9.57. The summed E-state index contributed by atoms with van der Waals surface area (Å²) in [7, 11) is -3.46. The highest BCUT2D eigenvalue weighted by Gasteiger charge is 2.21. The van der Waals surface area contributed by atoms with Gasteiger partial charge in [-0.15, -0.1) is 0 Å². The lowest BCUT2D eigenvalue weighted by Crippen LogP contribution is -2.46. The minimum atomic E-state index is -3.46. The minimum absolute atomic E-state index is 0.0858. The molecule has 0 saturated carbocycles. The average molecular weight is 424 g/mol. The Morgan fingerprint density at radius 1 is 1.03 bits per heavy atom. The summed E-state index contributed by atoms with van der Waals surface area (Å²) < 4.78 is 52.0. The molecule has 0 aromatic heterocycles. The number of nitrogens with zero attached hydrogens (tertiary/aromatic N) is 1. The standard InChI is InChI=1S/C21H27F2N3O2S/c1-4-17(14-29(27,28)18-9-7-6-8-10-18)26-21(24-5-2)25-15(3)16-11-12-19(22)20(23)13-16/h6-13,15,17H,4-5,14H2,1-3H3,(H2,24,25,26). The van der Waals surface area contributed by atoms with E-state index in [-0.39, 0.29) is 22.7 Å². The fraction of sp³-hybridized carbons (Fsp3) is 0.381. The fourth-order valence-electron chi connectivity index (χ4n) is 2.81. The molecule has 158 valence electrons. The molecule has 0 saturated heterocycles. The molecule has 0 heterocycles. The SMILES string of the molecule is CCN=C(NC(CC)CS(=O)(=O)c1ccccc1)NC(C)c1ccc(F)c(F)c1. The van der Waals surface area contributed by atoms with E-state index in [0.717, 1.165) is 12.1 Å². The maximum atomic E-state index is 13.5. The zero-order valence-corrected chi connectivity index (χ0v) is 17.6. The van der Waals surface area contributed by atoms with E-state index in [1.165, 1.54) is 6.07 Å². The maximum Gasteiger partial charge on any atom is 0.191 e. The second kappa shape index (κ2) is 10.3. The van der Waals surface area contributed by atoms with Gasteiger partial charge in [-0.2, -0.15) is 0 Å². The smallest absolute Gasteiger partial charge is 0.191 e. The van der Waals surface area contributed by atoms with Crippen molar-refractivity contribution >= 4 is 15.8 Å². The summed E-state index contributed by atoms with van der Waals surface area (Å²) in [6, 6.07) is 11.3. The predicted molar refractivity (Wildman–Crippen MR) is 112 cm³/mol. The Balaban J connectivity index is 2.11. The van der Waals surface area contributed by atoms with Gasteiger partial charge in [0.2, 0.25) is 0 Å². The molecule has 29 heavy (non-hydrogen) atoms. The van der Waals surface area contributed by atoms with E-state index in [1.807, 2.05) is 13.8 Å². The highest BCUT2D eigenvalue weighted by Crippen LogP contribution is 2.16. The molecule has 0 radical (unpaired) electrons. The molecule has 0 aliphatic heterocycles. The van der Waals surface area contributed by atoms with E-state index >= 15 is 0 Å². The van der Waals surface area contributed by atoms with Crippen molar-refractivity contribution in [1.29, 1.82) is 0 Å². The van der Waals surface area contributed by atoms with Gasteiger partial charge in [-0.3, -0.25) is 4.99 Å². The summed E-state index contributed by atoms with van der Waals surface area (Å²) in [5.41, 5.74) is 0.555. The molecule has 2 N–H and O–H groups in total. The molecule has 2 atom stereocenters. The molecule has 5 nitrogen and oxygen atoms in total. The van der Waals surface area contributed by atoms with Gasteiger partial charge in [-0.1, -0.05) is 31.2 Å². The lowest BCUT2D eigenvalue weighted by atomic mass is 10.1. The van der Waals surface area contributed by atoms with Gasteiger partial charge in [0, 0.05) is 12.6 Å². The second-order valence-corrected chi connectivity index (χ2v) is 8.74. The van der Waals surface area contributed by atoms with Crippen molar-refractivity contribution in [2.75, 3.05) is 12.3 Å². The van der Waals surface area contributed by atoms with Crippen LogP contribution in [0.1, 0.15) is 38.8 Å². The van der Waals surface area contributed by atoms with Crippen LogP contribution in [0.2, 0.25) is 0 Å². The van der Waals surface area contributed by atoms with Crippen molar-refractivity contribution < 1.29 is 17.2 Å². The number of hydrogen-bond acceptors (Lipinski definition) is 3. The zero-order chi connectivity index (χ0) is 21.4. The van der Waals surface area contributed by atoms with E-state index in [0.29, 0.717) is 24.5 Å². The third kappa shape index (κ3) is 6.52. The largest absolute Gasteiger partial charge is 0.353 e. The molecular formula is C21H27F2N3O2S. The third-order valence-corrected chi connectivity index (χ3v) is 6.30. The molecule has 2 unspecified atom stereocenters. The van der Waals surface area contributed by atoms with Crippen LogP contribution >= 0.6 is 0 Å². The van der Waals surface area contributed by atoms with E-state index < -0.39 is 21.5 Å². The molecule has 0 fully saturated rings. The Bertz CT molecular complexity index is 934. The van der Waals surface area contributed by atoms with Crippen molar-refractivity contribution in [2.45, 2.75) is 44.2 Å². The number of aliphatic imine (C=N–C) groups is 1. The first-order chi connectivity index (χ1) is 13.8. The normalized spacial score (nSPS) is 14.3. The molecule has 0 bridgehead atoms. The van der Waals surface area contributed by atoms with E-state index in [9.17, 15) is 17.2 Å². The Morgan fingerprint density at radius 2 is 1.72 bits per heavy atom. The van der Waals surface area contributed by atoms with Gasteiger partial charge in [0.05, 0.1) is 16.7 Å². The van der Waals surface area contributed by atoms with E-state index in [4.69, 9.17) is 0 Å². The highest BCUT2D eigenvalue weighted by atomic mass is 32.2. The van der Waals surface area contributed by atoms with Crippen molar-refractivity contribution in [3.05, 3.63) is 65.7 Å². The maximum absolute atomic E-state index is 13.5. The Morgan fingerprint density at radius 3 is 2.31 bits per heavy atom. The summed E-state index contributed by atoms with van der Waals surface area (Å²) >= 11 is 0.